The molecule has 25 heavy (non-hydrogen) atoms. The number of rotatable bonds is 10. The quantitative estimate of drug-likeness (QED) is 0.224. The first-order valence-electron chi connectivity index (χ1n) is 7.41. The molecule has 0 saturated heterocycles. The summed E-state index contributed by atoms with van der Waals surface area (Å²) in [6.07, 6.45) is 1.76. The number of carbonyl (C=O) groups excluding carboxylic acids is 2. The van der Waals surface area contributed by atoms with Crippen LogP contribution >= 0.6 is 0 Å². The average molecular weight is 361 g/mol. The molecule has 11 N–H and O–H groups in total. The van der Waals surface area contributed by atoms with Gasteiger partial charge in [-0.15, -0.1) is 0 Å². The van der Waals surface area contributed by atoms with E-state index in [0.717, 1.165) is 0 Å². The Balaban J connectivity index is 0. The topological polar surface area (TPSA) is 225 Å². The van der Waals surface area contributed by atoms with E-state index >= 15 is 0 Å². The molecule has 0 rings (SSSR count). The van der Waals surface area contributed by atoms with Crippen molar-refractivity contribution in [3.05, 3.63) is 11.8 Å². The van der Waals surface area contributed by atoms with Crippen LogP contribution in [0.3, 0.4) is 0 Å². The molecule has 0 heterocycles. The van der Waals surface area contributed by atoms with Crippen molar-refractivity contribution in [2.75, 3.05) is 6.54 Å². The highest BCUT2D eigenvalue weighted by Crippen LogP contribution is 2.03. The number of primary amides is 1. The Kier molecular flexibility index (Phi) is 13.5. The van der Waals surface area contributed by atoms with Gasteiger partial charge in [-0.05, 0) is 19.5 Å². The zero-order chi connectivity index (χ0) is 20.0. The summed E-state index contributed by atoms with van der Waals surface area (Å²) in [5.41, 5.74) is 20.9. The van der Waals surface area contributed by atoms with Gasteiger partial charge in [-0.1, -0.05) is 5.57 Å². The summed E-state index contributed by atoms with van der Waals surface area (Å²) in [5, 5.41) is 19.4. The second kappa shape index (κ2) is 13.7. The standard InChI is InChI=1S/C9H17N3O3.C5H10N2O3/c1-6(5-11)4-7(9(14)15)12-8(13)2-3-10;6-3(5(9)10)1-2-4(7)8/h5,7H,2-4,10-11H2,1H3,(H,12,13)(H,14,15);3H,1-2,6H2,(H2,7,8)(H,9,10)/b6-5+;/t7-;/m0./s1. The molecule has 0 saturated carbocycles. The molecule has 11 nitrogen and oxygen atoms in total. The lowest BCUT2D eigenvalue weighted by Crippen LogP contribution is -2.41. The van der Waals surface area contributed by atoms with E-state index in [2.05, 4.69) is 5.32 Å². The molecule has 0 bridgehead atoms. The number of nitrogens with one attached hydrogen (secondary N) is 1. The fourth-order valence-corrected chi connectivity index (χ4v) is 1.41. The van der Waals surface area contributed by atoms with E-state index in [0.29, 0.717) is 5.57 Å². The highest BCUT2D eigenvalue weighted by molar-refractivity contribution is 5.83. The van der Waals surface area contributed by atoms with Crippen LogP contribution in [0.5, 0.6) is 0 Å². The molecule has 2 atom stereocenters. The molecular weight excluding hydrogens is 334 g/mol. The van der Waals surface area contributed by atoms with Gasteiger partial charge in [0, 0.05) is 25.8 Å². The van der Waals surface area contributed by atoms with Gasteiger partial charge in [0.15, 0.2) is 0 Å². The zero-order valence-electron chi connectivity index (χ0n) is 14.1. The third-order valence-corrected chi connectivity index (χ3v) is 2.83. The maximum absolute atomic E-state index is 11.1. The summed E-state index contributed by atoms with van der Waals surface area (Å²) in [6, 6.07) is -1.92. The van der Waals surface area contributed by atoms with Crippen LogP contribution in [-0.2, 0) is 19.2 Å². The molecule has 2 amide bonds. The Labute approximate surface area is 145 Å². The molecule has 0 aliphatic rings. The smallest absolute Gasteiger partial charge is 0.326 e. The monoisotopic (exact) mass is 361 g/mol. The van der Waals surface area contributed by atoms with Crippen LogP contribution in [0.1, 0.15) is 32.6 Å². The summed E-state index contributed by atoms with van der Waals surface area (Å²) < 4.78 is 0. The van der Waals surface area contributed by atoms with E-state index in [9.17, 15) is 19.2 Å². The first kappa shape index (κ1) is 24.6. The van der Waals surface area contributed by atoms with E-state index in [-0.39, 0.29) is 38.1 Å². The number of hydrogen-bond acceptors (Lipinski definition) is 7. The van der Waals surface area contributed by atoms with Gasteiger partial charge in [-0.25, -0.2) is 4.79 Å². The molecule has 144 valence electrons. The maximum Gasteiger partial charge on any atom is 0.326 e. The normalized spacial score (nSPS) is 13.0. The predicted octanol–water partition coefficient (Wildman–Crippen LogP) is -2.18. The van der Waals surface area contributed by atoms with Crippen molar-refractivity contribution in [3.63, 3.8) is 0 Å². The van der Waals surface area contributed by atoms with E-state index < -0.39 is 29.9 Å². The summed E-state index contributed by atoms with van der Waals surface area (Å²) >= 11 is 0. The second-order valence-electron chi connectivity index (χ2n) is 5.16. The van der Waals surface area contributed by atoms with Crippen molar-refractivity contribution < 1.29 is 29.4 Å². The van der Waals surface area contributed by atoms with Gasteiger partial charge >= 0.3 is 11.9 Å². The lowest BCUT2D eigenvalue weighted by atomic mass is 10.1. The van der Waals surface area contributed by atoms with Crippen molar-refractivity contribution in [2.45, 2.75) is 44.7 Å². The summed E-state index contributed by atoms with van der Waals surface area (Å²) in [4.78, 5) is 42.0. The van der Waals surface area contributed by atoms with Crippen LogP contribution in [0.15, 0.2) is 11.8 Å². The number of carboxylic acids is 2. The zero-order valence-corrected chi connectivity index (χ0v) is 14.1. The Morgan fingerprint density at radius 3 is 2.04 bits per heavy atom. The highest BCUT2D eigenvalue weighted by Gasteiger charge is 2.19. The molecule has 0 aromatic rings. The van der Waals surface area contributed by atoms with Gasteiger partial charge in [0.25, 0.3) is 0 Å². The molecule has 1 unspecified atom stereocenters. The Hall–Kier alpha value is -2.66. The minimum atomic E-state index is -1.11. The minimum Gasteiger partial charge on any atom is -0.480 e. The summed E-state index contributed by atoms with van der Waals surface area (Å²) in [6.45, 7) is 1.90. The van der Waals surface area contributed by atoms with Gasteiger partial charge in [0.05, 0.1) is 0 Å². The minimum absolute atomic E-state index is 0.0213. The lowest BCUT2D eigenvalue weighted by molar-refractivity contribution is -0.141. The average Bonchev–Trinajstić information content (AvgIpc) is 2.52. The number of amides is 2. The number of hydrogen-bond donors (Lipinski definition) is 7. The van der Waals surface area contributed by atoms with Crippen LogP contribution in [0, 0.1) is 0 Å². The Morgan fingerprint density at radius 2 is 1.68 bits per heavy atom. The maximum atomic E-state index is 11.1. The Bertz CT molecular complexity index is 494. The molecule has 11 heteroatoms. The van der Waals surface area contributed by atoms with Gasteiger partial charge in [-0.2, -0.15) is 0 Å². The number of carboxylic acid groups (broad SMARTS) is 2. The number of nitrogens with two attached hydrogens (primary N) is 4. The summed E-state index contributed by atoms with van der Waals surface area (Å²) in [7, 11) is 0. The van der Waals surface area contributed by atoms with Crippen LogP contribution in [0.2, 0.25) is 0 Å². The largest absolute Gasteiger partial charge is 0.480 e. The van der Waals surface area contributed by atoms with E-state index in [1.54, 1.807) is 6.92 Å². The van der Waals surface area contributed by atoms with E-state index in [4.69, 9.17) is 33.1 Å². The molecule has 0 aliphatic carbocycles. The fraction of sp³-hybridized carbons (Fsp3) is 0.571. The van der Waals surface area contributed by atoms with Gasteiger partial charge in [0.1, 0.15) is 12.1 Å². The third kappa shape index (κ3) is 14.7. The molecule has 0 aliphatic heterocycles. The van der Waals surface area contributed by atoms with Gasteiger partial charge in [-0.3, -0.25) is 14.4 Å². The molecule has 0 spiro atoms. The molecule has 0 fully saturated rings. The Morgan fingerprint density at radius 1 is 1.12 bits per heavy atom. The molecule has 0 aromatic heterocycles. The highest BCUT2D eigenvalue weighted by atomic mass is 16.4. The van der Waals surface area contributed by atoms with Crippen LogP contribution in [-0.4, -0.2) is 52.6 Å². The van der Waals surface area contributed by atoms with Crippen molar-refractivity contribution in [3.8, 4) is 0 Å². The van der Waals surface area contributed by atoms with Crippen LogP contribution in [0.25, 0.3) is 0 Å². The SMILES string of the molecule is C/C(=C\N)C[C@H](NC(=O)CCN)C(=O)O.NC(=O)CCC(N)C(=O)O. The number of aliphatic carboxylic acids is 2. The number of carbonyl (C=O) groups is 4. The van der Waals surface area contributed by atoms with E-state index in [1.807, 2.05) is 0 Å². The van der Waals surface area contributed by atoms with Crippen molar-refractivity contribution in [2.24, 2.45) is 22.9 Å². The third-order valence-electron chi connectivity index (χ3n) is 2.83. The van der Waals surface area contributed by atoms with Crippen molar-refractivity contribution in [1.82, 2.24) is 5.32 Å². The predicted molar refractivity (Wildman–Crippen MR) is 89.8 cm³/mol. The van der Waals surface area contributed by atoms with E-state index in [1.165, 1.54) is 6.20 Å². The van der Waals surface area contributed by atoms with Crippen LogP contribution in [0.4, 0.5) is 0 Å². The second-order valence-corrected chi connectivity index (χ2v) is 5.16. The summed E-state index contributed by atoms with van der Waals surface area (Å²) in [5.74, 6) is -3.09. The first-order valence-corrected chi connectivity index (χ1v) is 7.41. The molecule has 0 radical (unpaired) electrons. The van der Waals surface area contributed by atoms with Crippen LogP contribution < -0.4 is 28.3 Å². The van der Waals surface area contributed by atoms with Crippen molar-refractivity contribution in [1.29, 1.82) is 0 Å². The molecule has 0 aromatic carbocycles. The molecular formula is C14H27N5O6. The lowest BCUT2D eigenvalue weighted by Gasteiger charge is -2.14. The fourth-order valence-electron chi connectivity index (χ4n) is 1.41. The first-order chi connectivity index (χ1) is 11.5. The van der Waals surface area contributed by atoms with Crippen molar-refractivity contribution >= 4 is 23.8 Å². The van der Waals surface area contributed by atoms with Gasteiger partial charge in [0.2, 0.25) is 11.8 Å². The van der Waals surface area contributed by atoms with Gasteiger partial charge < -0.3 is 38.5 Å².